The molecule has 2 atom stereocenters. The zero-order chi connectivity index (χ0) is 40.9. The first-order valence-electron chi connectivity index (χ1n) is 19.5. The fourth-order valence-corrected chi connectivity index (χ4v) is 8.38. The number of benzene rings is 2. The molecule has 4 N–H and O–H groups in total. The van der Waals surface area contributed by atoms with Crippen molar-refractivity contribution in [2.75, 3.05) is 90.7 Å². The van der Waals surface area contributed by atoms with E-state index in [0.717, 1.165) is 17.3 Å². The number of piperazine rings is 1. The van der Waals surface area contributed by atoms with Crippen molar-refractivity contribution in [3.8, 4) is 0 Å². The van der Waals surface area contributed by atoms with Gasteiger partial charge in [-0.25, -0.2) is 9.59 Å². The molecule has 312 valence electrons. The van der Waals surface area contributed by atoms with E-state index in [1.54, 1.807) is 9.80 Å². The Kier molecular flexibility index (Phi) is 13.7. The van der Waals surface area contributed by atoms with Gasteiger partial charge in [0, 0.05) is 83.1 Å². The molecule has 0 unspecified atom stereocenters. The standard InChI is InChI=1S/C39H52ClF3N8O6/c1-47(2)19-20-56-36(53)32-24-45-12-18-50(32)27-8-13-48(14-9-27)35(52)33(23-25-21-29(39(41,42)43)34(44)30(40)22-25)57-38(55)49-15-10-28(11-16-49)51-17-7-26-5-3-4-6-31(26)46-37(51)54/h3-6,21-22,27-28,32-33,45H,7-20,23-24,44H2,1-2H3,(H,46,54)/t32-,33+/m0/s1. The number of carbonyl (C=O) groups excluding carboxylic acids is 4. The lowest BCUT2D eigenvalue weighted by molar-refractivity contribution is -0.153. The summed E-state index contributed by atoms with van der Waals surface area (Å²) in [5.74, 6) is -0.849. The Morgan fingerprint density at radius 3 is 2.37 bits per heavy atom. The average molecular weight is 821 g/mol. The van der Waals surface area contributed by atoms with Crippen LogP contribution in [0.15, 0.2) is 36.4 Å². The van der Waals surface area contributed by atoms with E-state index in [9.17, 15) is 32.3 Å². The number of para-hydroxylation sites is 1. The maximum Gasteiger partial charge on any atom is 0.418 e. The highest BCUT2D eigenvalue weighted by atomic mass is 35.5. The number of alkyl halides is 3. The van der Waals surface area contributed by atoms with Crippen molar-refractivity contribution < 1.29 is 41.8 Å². The molecule has 57 heavy (non-hydrogen) atoms. The molecule has 6 rings (SSSR count). The minimum absolute atomic E-state index is 0.0180. The van der Waals surface area contributed by atoms with Crippen molar-refractivity contribution in [1.82, 2.24) is 29.8 Å². The van der Waals surface area contributed by atoms with Crippen LogP contribution in [0, 0.1) is 0 Å². The van der Waals surface area contributed by atoms with Gasteiger partial charge in [0.15, 0.2) is 6.10 Å². The summed E-state index contributed by atoms with van der Waals surface area (Å²) in [6, 6.07) is 8.90. The number of likely N-dealkylation sites (tertiary alicyclic amines) is 2. The summed E-state index contributed by atoms with van der Waals surface area (Å²) in [7, 11) is 3.80. The zero-order valence-electron chi connectivity index (χ0n) is 32.4. The molecule has 18 heteroatoms. The Bertz CT molecular complexity index is 1770. The highest BCUT2D eigenvalue weighted by molar-refractivity contribution is 6.33. The first-order valence-corrected chi connectivity index (χ1v) is 19.9. The fourth-order valence-electron chi connectivity index (χ4n) is 8.14. The first-order chi connectivity index (χ1) is 27.2. The molecule has 0 radical (unpaired) electrons. The average Bonchev–Trinajstić information content (AvgIpc) is 3.36. The number of nitrogens with zero attached hydrogens (tertiary/aromatic N) is 5. The van der Waals surface area contributed by atoms with Crippen LogP contribution in [0.5, 0.6) is 0 Å². The van der Waals surface area contributed by atoms with Gasteiger partial charge in [-0.15, -0.1) is 0 Å². The van der Waals surface area contributed by atoms with Gasteiger partial charge in [0.2, 0.25) is 0 Å². The third-order valence-corrected chi connectivity index (χ3v) is 11.6. The molecule has 0 bridgehead atoms. The minimum Gasteiger partial charge on any atom is -0.463 e. The van der Waals surface area contributed by atoms with Crippen LogP contribution in [0.2, 0.25) is 5.02 Å². The summed E-state index contributed by atoms with van der Waals surface area (Å²) in [5, 5.41) is 5.92. The number of nitrogen functional groups attached to an aromatic ring is 1. The molecule has 0 spiro atoms. The van der Waals surface area contributed by atoms with Crippen LogP contribution in [0.25, 0.3) is 0 Å². The second kappa shape index (κ2) is 18.5. The van der Waals surface area contributed by atoms with Gasteiger partial charge in [-0.1, -0.05) is 29.8 Å². The number of nitrogens with one attached hydrogen (secondary N) is 2. The Labute approximate surface area is 335 Å². The number of fused-ring (bicyclic) bond motifs is 1. The van der Waals surface area contributed by atoms with Crippen LogP contribution in [0.1, 0.15) is 42.4 Å². The normalized spacial score (nSPS) is 20.8. The molecule has 2 aromatic carbocycles. The van der Waals surface area contributed by atoms with E-state index >= 15 is 0 Å². The van der Waals surface area contributed by atoms with Crippen molar-refractivity contribution in [1.29, 1.82) is 0 Å². The zero-order valence-corrected chi connectivity index (χ0v) is 33.1. The number of amides is 4. The van der Waals surface area contributed by atoms with E-state index < -0.39 is 41.6 Å². The smallest absolute Gasteiger partial charge is 0.418 e. The number of esters is 1. The number of likely N-dealkylation sites (N-methyl/N-ethyl adjacent to an activating group) is 1. The Morgan fingerprint density at radius 2 is 1.67 bits per heavy atom. The van der Waals surface area contributed by atoms with Crippen LogP contribution < -0.4 is 16.4 Å². The Hall–Kier alpha value is -4.32. The molecule has 3 saturated heterocycles. The molecule has 4 aliphatic heterocycles. The predicted molar refractivity (Wildman–Crippen MR) is 208 cm³/mol. The molecule has 0 saturated carbocycles. The number of piperidine rings is 2. The summed E-state index contributed by atoms with van der Waals surface area (Å²) in [5.41, 5.74) is 5.76. The van der Waals surface area contributed by atoms with E-state index in [2.05, 4.69) is 15.5 Å². The SMILES string of the molecule is CN(C)CCOC(=O)[C@@H]1CNCCN1C1CCN(C(=O)[C@@H](Cc2cc(Cl)c(N)c(C(F)(F)F)c2)OC(=O)N2CCC(N3CCc4ccccc4NC3=O)CC2)CC1. The quantitative estimate of drug-likeness (QED) is 0.238. The number of hydrogen-bond donors (Lipinski definition) is 3. The third kappa shape index (κ3) is 10.4. The van der Waals surface area contributed by atoms with Gasteiger partial charge in [0.1, 0.15) is 12.6 Å². The van der Waals surface area contributed by atoms with Gasteiger partial charge < -0.3 is 45.4 Å². The van der Waals surface area contributed by atoms with Gasteiger partial charge in [-0.3, -0.25) is 14.5 Å². The molecule has 4 aliphatic rings. The van der Waals surface area contributed by atoms with E-state index in [1.165, 1.54) is 11.0 Å². The lowest BCUT2D eigenvalue weighted by Crippen LogP contribution is -2.61. The van der Waals surface area contributed by atoms with Crippen LogP contribution in [0.3, 0.4) is 0 Å². The van der Waals surface area contributed by atoms with Gasteiger partial charge in [-0.05, 0) is 75.5 Å². The largest absolute Gasteiger partial charge is 0.463 e. The number of urea groups is 1. The monoisotopic (exact) mass is 820 g/mol. The van der Waals surface area contributed by atoms with Crippen molar-refractivity contribution in [2.24, 2.45) is 0 Å². The van der Waals surface area contributed by atoms with Gasteiger partial charge in [-0.2, -0.15) is 13.2 Å². The number of ether oxygens (including phenoxy) is 2. The maximum atomic E-state index is 14.2. The molecular weight excluding hydrogens is 769 g/mol. The summed E-state index contributed by atoms with van der Waals surface area (Å²) in [4.78, 5) is 63.0. The Morgan fingerprint density at radius 1 is 0.982 bits per heavy atom. The van der Waals surface area contributed by atoms with Gasteiger partial charge in [0.25, 0.3) is 5.91 Å². The van der Waals surface area contributed by atoms with Crippen molar-refractivity contribution in [3.63, 3.8) is 0 Å². The molecule has 4 heterocycles. The lowest BCUT2D eigenvalue weighted by Gasteiger charge is -2.44. The number of carbonyl (C=O) groups is 4. The van der Waals surface area contributed by atoms with Crippen LogP contribution in [0.4, 0.5) is 34.1 Å². The molecular formula is C39H52ClF3N8O6. The number of halogens is 4. The highest BCUT2D eigenvalue weighted by Crippen LogP contribution is 2.38. The number of rotatable bonds is 10. The van der Waals surface area contributed by atoms with E-state index in [4.69, 9.17) is 26.8 Å². The van der Waals surface area contributed by atoms with Gasteiger partial charge >= 0.3 is 24.3 Å². The van der Waals surface area contributed by atoms with Crippen molar-refractivity contribution in [3.05, 3.63) is 58.1 Å². The maximum absolute atomic E-state index is 14.2. The summed E-state index contributed by atoms with van der Waals surface area (Å²) >= 11 is 6.14. The van der Waals surface area contributed by atoms with Crippen LogP contribution in [-0.4, -0.2) is 152 Å². The molecule has 14 nitrogen and oxygen atoms in total. The van der Waals surface area contributed by atoms with Crippen LogP contribution >= 0.6 is 11.6 Å². The van der Waals surface area contributed by atoms with E-state index in [-0.39, 0.29) is 73.9 Å². The van der Waals surface area contributed by atoms with E-state index in [0.29, 0.717) is 64.8 Å². The second-order valence-corrected chi connectivity index (χ2v) is 15.8. The summed E-state index contributed by atoms with van der Waals surface area (Å²) in [6.07, 6.45) is -4.71. The van der Waals surface area contributed by atoms with Gasteiger partial charge in [0.05, 0.1) is 16.3 Å². The summed E-state index contributed by atoms with van der Waals surface area (Å²) in [6.45, 7) is 4.23. The molecule has 3 fully saturated rings. The molecule has 2 aromatic rings. The molecule has 0 aromatic heterocycles. The number of nitrogens with two attached hydrogens (primary N) is 1. The van der Waals surface area contributed by atoms with E-state index in [1.807, 2.05) is 43.3 Å². The molecule has 0 aliphatic carbocycles. The molecule has 4 amide bonds. The second-order valence-electron chi connectivity index (χ2n) is 15.3. The highest BCUT2D eigenvalue weighted by Gasteiger charge is 2.40. The first kappa shape index (κ1) is 42.3. The fraction of sp³-hybridized carbons (Fsp3) is 0.590. The minimum atomic E-state index is -4.81. The lowest BCUT2D eigenvalue weighted by atomic mass is 9.98. The summed E-state index contributed by atoms with van der Waals surface area (Å²) < 4.78 is 53.2. The van der Waals surface area contributed by atoms with Crippen molar-refractivity contribution in [2.45, 2.75) is 68.9 Å². The van der Waals surface area contributed by atoms with Crippen molar-refractivity contribution >= 4 is 47.0 Å². The topological polar surface area (TPSA) is 153 Å². The third-order valence-electron chi connectivity index (χ3n) is 11.3. The van der Waals surface area contributed by atoms with Crippen LogP contribution in [-0.2, 0) is 38.1 Å². The predicted octanol–water partition coefficient (Wildman–Crippen LogP) is 3.91. The number of anilines is 2. The number of hydrogen-bond acceptors (Lipinski definition) is 10. The Balaban J connectivity index is 1.12.